The number of rotatable bonds is 2. The molecule has 1 aliphatic heterocycles. The minimum atomic E-state index is -0.187. The molecule has 1 rings (SSSR count). The van der Waals surface area contributed by atoms with Gasteiger partial charge >= 0.3 is 5.97 Å². The van der Waals surface area contributed by atoms with E-state index in [1.165, 1.54) is 0 Å². The first-order valence-corrected chi connectivity index (χ1v) is 4.45. The SMILES string of the molecule is CC[C@]1(CO)CCC(=O)OC1C. The Morgan fingerprint density at radius 2 is 2.42 bits per heavy atom. The first kappa shape index (κ1) is 9.52. The van der Waals surface area contributed by atoms with Crippen LogP contribution in [0.15, 0.2) is 0 Å². The molecule has 0 radical (unpaired) electrons. The van der Waals surface area contributed by atoms with Crippen molar-refractivity contribution in [1.82, 2.24) is 0 Å². The Morgan fingerprint density at radius 3 is 2.83 bits per heavy atom. The topological polar surface area (TPSA) is 46.5 Å². The molecule has 1 fully saturated rings. The van der Waals surface area contributed by atoms with Crippen molar-refractivity contribution in [2.24, 2.45) is 5.41 Å². The number of hydrogen-bond acceptors (Lipinski definition) is 3. The van der Waals surface area contributed by atoms with E-state index in [0.717, 1.165) is 12.8 Å². The third-order valence-corrected chi connectivity index (χ3v) is 3.02. The molecule has 0 spiro atoms. The largest absolute Gasteiger partial charge is 0.462 e. The van der Waals surface area contributed by atoms with Gasteiger partial charge < -0.3 is 9.84 Å². The molecule has 2 atom stereocenters. The summed E-state index contributed by atoms with van der Waals surface area (Å²) in [5, 5.41) is 9.21. The van der Waals surface area contributed by atoms with Gasteiger partial charge in [0.2, 0.25) is 0 Å². The summed E-state index contributed by atoms with van der Waals surface area (Å²) in [7, 11) is 0. The van der Waals surface area contributed by atoms with Crippen molar-refractivity contribution in [3.63, 3.8) is 0 Å². The van der Waals surface area contributed by atoms with Crippen LogP contribution < -0.4 is 0 Å². The minimum Gasteiger partial charge on any atom is -0.462 e. The van der Waals surface area contributed by atoms with Crippen LogP contribution in [0.2, 0.25) is 0 Å². The lowest BCUT2D eigenvalue weighted by Crippen LogP contribution is -2.43. The molecule has 0 aliphatic carbocycles. The summed E-state index contributed by atoms with van der Waals surface area (Å²) in [5.41, 5.74) is -0.187. The average molecular weight is 172 g/mol. The van der Waals surface area contributed by atoms with Gasteiger partial charge in [-0.05, 0) is 19.8 Å². The van der Waals surface area contributed by atoms with Crippen LogP contribution in [-0.2, 0) is 9.53 Å². The predicted octanol–water partition coefficient (Wildman–Crippen LogP) is 1.10. The maximum absolute atomic E-state index is 10.9. The smallest absolute Gasteiger partial charge is 0.306 e. The highest BCUT2D eigenvalue weighted by atomic mass is 16.5. The molecule has 0 bridgehead atoms. The molecule has 0 aromatic carbocycles. The first-order valence-electron chi connectivity index (χ1n) is 4.45. The lowest BCUT2D eigenvalue weighted by atomic mass is 9.75. The zero-order valence-electron chi connectivity index (χ0n) is 7.67. The van der Waals surface area contributed by atoms with Crippen LogP contribution in [0.5, 0.6) is 0 Å². The predicted molar refractivity (Wildman–Crippen MR) is 44.6 cm³/mol. The third kappa shape index (κ3) is 1.46. The quantitative estimate of drug-likeness (QED) is 0.634. The normalized spacial score (nSPS) is 36.2. The van der Waals surface area contributed by atoms with Crippen LogP contribution in [0, 0.1) is 5.41 Å². The number of carbonyl (C=O) groups is 1. The zero-order chi connectivity index (χ0) is 9.19. The highest BCUT2D eigenvalue weighted by Gasteiger charge is 2.40. The number of cyclic esters (lactones) is 1. The van der Waals surface area contributed by atoms with E-state index in [9.17, 15) is 9.90 Å². The number of ether oxygens (including phenoxy) is 1. The number of carbonyl (C=O) groups excluding carboxylic acids is 1. The van der Waals surface area contributed by atoms with E-state index in [-0.39, 0.29) is 24.1 Å². The number of aliphatic hydroxyl groups excluding tert-OH is 1. The minimum absolute atomic E-state index is 0.109. The molecule has 1 aliphatic rings. The summed E-state index contributed by atoms with van der Waals surface area (Å²) in [6.45, 7) is 3.99. The van der Waals surface area contributed by atoms with Crippen LogP contribution in [-0.4, -0.2) is 23.8 Å². The Kier molecular flexibility index (Phi) is 2.73. The van der Waals surface area contributed by atoms with Gasteiger partial charge in [-0.25, -0.2) is 0 Å². The lowest BCUT2D eigenvalue weighted by Gasteiger charge is -2.39. The van der Waals surface area contributed by atoms with Crippen molar-refractivity contribution in [2.45, 2.75) is 39.2 Å². The Bertz CT molecular complexity index is 173. The van der Waals surface area contributed by atoms with E-state index in [1.54, 1.807) is 0 Å². The van der Waals surface area contributed by atoms with E-state index >= 15 is 0 Å². The van der Waals surface area contributed by atoms with E-state index in [0.29, 0.717) is 6.42 Å². The maximum Gasteiger partial charge on any atom is 0.306 e. The van der Waals surface area contributed by atoms with Crippen molar-refractivity contribution in [3.8, 4) is 0 Å². The third-order valence-electron chi connectivity index (χ3n) is 3.02. The molecule has 1 unspecified atom stereocenters. The van der Waals surface area contributed by atoms with E-state index in [1.807, 2.05) is 13.8 Å². The maximum atomic E-state index is 10.9. The summed E-state index contributed by atoms with van der Waals surface area (Å²) < 4.78 is 5.08. The molecule has 1 heterocycles. The van der Waals surface area contributed by atoms with E-state index in [2.05, 4.69) is 0 Å². The molecule has 70 valence electrons. The van der Waals surface area contributed by atoms with Gasteiger partial charge in [0.1, 0.15) is 6.10 Å². The molecular weight excluding hydrogens is 156 g/mol. The fourth-order valence-corrected chi connectivity index (χ4v) is 1.72. The second-order valence-electron chi connectivity index (χ2n) is 3.51. The summed E-state index contributed by atoms with van der Waals surface area (Å²) in [4.78, 5) is 10.9. The van der Waals surface area contributed by atoms with Gasteiger partial charge in [-0.1, -0.05) is 6.92 Å². The molecule has 12 heavy (non-hydrogen) atoms. The Hall–Kier alpha value is -0.570. The number of aliphatic hydroxyl groups is 1. The highest BCUT2D eigenvalue weighted by molar-refractivity contribution is 5.70. The van der Waals surface area contributed by atoms with Gasteiger partial charge in [0.25, 0.3) is 0 Å². The summed E-state index contributed by atoms with van der Waals surface area (Å²) in [6, 6.07) is 0. The molecule has 0 saturated carbocycles. The molecule has 1 saturated heterocycles. The van der Waals surface area contributed by atoms with E-state index < -0.39 is 0 Å². The summed E-state index contributed by atoms with van der Waals surface area (Å²) >= 11 is 0. The zero-order valence-corrected chi connectivity index (χ0v) is 7.67. The molecule has 3 heteroatoms. The standard InChI is InChI=1S/C9H16O3/c1-3-9(6-10)5-4-8(11)12-7(9)2/h7,10H,3-6H2,1-2H3/t7?,9-/m1/s1. The van der Waals surface area contributed by atoms with Gasteiger partial charge in [-0.3, -0.25) is 4.79 Å². The van der Waals surface area contributed by atoms with Crippen LogP contribution in [0.3, 0.4) is 0 Å². The Balaban J connectivity index is 2.70. The number of hydrogen-bond donors (Lipinski definition) is 1. The monoisotopic (exact) mass is 172 g/mol. The van der Waals surface area contributed by atoms with Gasteiger partial charge in [0.05, 0.1) is 6.61 Å². The van der Waals surface area contributed by atoms with Gasteiger partial charge in [0.15, 0.2) is 0 Å². The fourth-order valence-electron chi connectivity index (χ4n) is 1.72. The molecule has 3 nitrogen and oxygen atoms in total. The van der Waals surface area contributed by atoms with E-state index in [4.69, 9.17) is 4.74 Å². The second-order valence-corrected chi connectivity index (χ2v) is 3.51. The lowest BCUT2D eigenvalue weighted by molar-refractivity contribution is -0.168. The van der Waals surface area contributed by atoms with Crippen LogP contribution in [0.1, 0.15) is 33.1 Å². The Labute approximate surface area is 72.7 Å². The van der Waals surface area contributed by atoms with Crippen LogP contribution in [0.4, 0.5) is 0 Å². The highest BCUT2D eigenvalue weighted by Crippen LogP contribution is 2.37. The van der Waals surface area contributed by atoms with Crippen molar-refractivity contribution >= 4 is 5.97 Å². The summed E-state index contributed by atoms with van der Waals surface area (Å²) in [5.74, 6) is -0.139. The van der Waals surface area contributed by atoms with Crippen molar-refractivity contribution in [3.05, 3.63) is 0 Å². The van der Waals surface area contributed by atoms with Gasteiger partial charge in [-0.15, -0.1) is 0 Å². The molecule has 0 amide bonds. The van der Waals surface area contributed by atoms with Gasteiger partial charge in [0, 0.05) is 11.8 Å². The molecule has 0 aromatic heterocycles. The average Bonchev–Trinajstić information content (AvgIpc) is 2.06. The first-order chi connectivity index (χ1) is 5.64. The van der Waals surface area contributed by atoms with Crippen molar-refractivity contribution < 1.29 is 14.6 Å². The van der Waals surface area contributed by atoms with Crippen molar-refractivity contribution in [2.75, 3.05) is 6.61 Å². The van der Waals surface area contributed by atoms with Crippen LogP contribution >= 0.6 is 0 Å². The summed E-state index contributed by atoms with van der Waals surface area (Å²) in [6.07, 6.45) is 1.91. The Morgan fingerprint density at radius 1 is 1.75 bits per heavy atom. The van der Waals surface area contributed by atoms with Crippen LogP contribution in [0.25, 0.3) is 0 Å². The molecule has 0 aromatic rings. The second kappa shape index (κ2) is 3.44. The number of esters is 1. The molecular formula is C9H16O3. The fraction of sp³-hybridized carbons (Fsp3) is 0.889. The van der Waals surface area contributed by atoms with Crippen molar-refractivity contribution in [1.29, 1.82) is 0 Å². The molecule has 1 N–H and O–H groups in total. The van der Waals surface area contributed by atoms with Gasteiger partial charge in [-0.2, -0.15) is 0 Å².